The number of hydrogen-bond donors (Lipinski definition) is 0. The van der Waals surface area contributed by atoms with Crippen molar-refractivity contribution in [2.24, 2.45) is 5.92 Å². The van der Waals surface area contributed by atoms with Crippen LogP contribution < -0.4 is 0 Å². The zero-order valence-corrected chi connectivity index (χ0v) is 13.8. The highest BCUT2D eigenvalue weighted by Crippen LogP contribution is 2.48. The van der Waals surface area contributed by atoms with E-state index in [2.05, 4.69) is 0 Å². The molecule has 1 aromatic rings. The number of ether oxygens (including phenoxy) is 2. The number of nitrogens with zero attached hydrogens (tertiary/aromatic N) is 1. The molecule has 5 heteroatoms. The van der Waals surface area contributed by atoms with E-state index >= 15 is 0 Å². The number of rotatable bonds is 4. The first-order valence-corrected chi connectivity index (χ1v) is 8.98. The first-order chi connectivity index (χ1) is 11.7. The van der Waals surface area contributed by atoms with E-state index in [0.29, 0.717) is 6.61 Å². The van der Waals surface area contributed by atoms with Gasteiger partial charge in [-0.1, -0.05) is 12.1 Å². The van der Waals surface area contributed by atoms with E-state index in [-0.39, 0.29) is 35.8 Å². The van der Waals surface area contributed by atoms with Gasteiger partial charge in [0.15, 0.2) is 0 Å². The van der Waals surface area contributed by atoms with Crippen LogP contribution >= 0.6 is 0 Å². The normalized spacial score (nSPS) is 30.5. The van der Waals surface area contributed by atoms with E-state index in [1.165, 1.54) is 12.1 Å². The van der Waals surface area contributed by atoms with E-state index in [4.69, 9.17) is 9.47 Å². The average Bonchev–Trinajstić information content (AvgIpc) is 3.24. The molecule has 4 nitrogen and oxygen atoms in total. The van der Waals surface area contributed by atoms with Crippen molar-refractivity contribution < 1.29 is 18.7 Å². The van der Waals surface area contributed by atoms with Gasteiger partial charge >= 0.3 is 0 Å². The molecule has 0 N–H and O–H groups in total. The van der Waals surface area contributed by atoms with E-state index in [0.717, 1.165) is 50.9 Å². The van der Waals surface area contributed by atoms with E-state index in [9.17, 15) is 9.18 Å². The van der Waals surface area contributed by atoms with Gasteiger partial charge in [-0.25, -0.2) is 4.39 Å². The molecule has 4 rings (SSSR count). The van der Waals surface area contributed by atoms with Crippen molar-refractivity contribution in [1.82, 2.24) is 4.90 Å². The fourth-order valence-corrected chi connectivity index (χ4v) is 3.89. The monoisotopic (exact) mass is 333 g/mol. The fourth-order valence-electron chi connectivity index (χ4n) is 3.89. The molecular weight excluding hydrogens is 309 g/mol. The SMILES string of the molecule is O=C([C@@H]1C[C@H]1c1ccc(F)cc1)N1CCC(O[C@@H]2CCOC2)CC1. The Kier molecular flexibility index (Phi) is 4.55. The van der Waals surface area contributed by atoms with Gasteiger partial charge in [0.1, 0.15) is 5.82 Å². The number of likely N-dealkylation sites (tertiary alicyclic amines) is 1. The molecule has 2 aliphatic heterocycles. The number of amides is 1. The van der Waals surface area contributed by atoms with Crippen molar-refractivity contribution in [2.45, 2.75) is 43.8 Å². The summed E-state index contributed by atoms with van der Waals surface area (Å²) in [7, 11) is 0. The molecule has 2 heterocycles. The Morgan fingerprint density at radius 2 is 1.88 bits per heavy atom. The highest BCUT2D eigenvalue weighted by molar-refractivity contribution is 5.83. The number of halogens is 1. The summed E-state index contributed by atoms with van der Waals surface area (Å²) < 4.78 is 24.4. The summed E-state index contributed by atoms with van der Waals surface area (Å²) >= 11 is 0. The summed E-state index contributed by atoms with van der Waals surface area (Å²) in [6, 6.07) is 6.56. The lowest BCUT2D eigenvalue weighted by Crippen LogP contribution is -2.42. The van der Waals surface area contributed by atoms with Crippen LogP contribution in [0.25, 0.3) is 0 Å². The standard InChI is InChI=1S/C19H24FNO3/c20-14-3-1-13(2-4-14)17-11-18(17)19(22)21-8-5-15(6-9-21)24-16-7-10-23-12-16/h1-4,15-18H,5-12H2/t16-,17+,18-/m1/s1. The molecule has 1 amide bonds. The maximum Gasteiger partial charge on any atom is 0.226 e. The lowest BCUT2D eigenvalue weighted by atomic mass is 10.1. The van der Waals surface area contributed by atoms with E-state index < -0.39 is 0 Å². The van der Waals surface area contributed by atoms with Crippen LogP contribution in [0, 0.1) is 11.7 Å². The number of benzene rings is 1. The van der Waals surface area contributed by atoms with Gasteiger partial charge in [0.05, 0.1) is 18.8 Å². The molecule has 130 valence electrons. The number of carbonyl (C=O) groups is 1. The van der Waals surface area contributed by atoms with Crippen LogP contribution in [-0.2, 0) is 14.3 Å². The van der Waals surface area contributed by atoms with E-state index in [1.54, 1.807) is 12.1 Å². The fraction of sp³-hybridized carbons (Fsp3) is 0.632. The first-order valence-electron chi connectivity index (χ1n) is 8.98. The highest BCUT2D eigenvalue weighted by atomic mass is 19.1. The van der Waals surface area contributed by atoms with Gasteiger partial charge in [-0.05, 0) is 49.3 Å². The maximum absolute atomic E-state index is 13.0. The summed E-state index contributed by atoms with van der Waals surface area (Å²) in [6.45, 7) is 3.07. The van der Waals surface area contributed by atoms with Crippen LogP contribution in [0.2, 0.25) is 0 Å². The molecule has 3 atom stereocenters. The third kappa shape index (κ3) is 3.47. The second kappa shape index (κ2) is 6.81. The van der Waals surface area contributed by atoms with Gasteiger partial charge in [0.2, 0.25) is 5.91 Å². The molecule has 0 spiro atoms. The van der Waals surface area contributed by atoms with Crippen LogP contribution in [0.4, 0.5) is 4.39 Å². The zero-order chi connectivity index (χ0) is 16.5. The van der Waals surface area contributed by atoms with Crippen molar-refractivity contribution in [1.29, 1.82) is 0 Å². The lowest BCUT2D eigenvalue weighted by Gasteiger charge is -2.33. The summed E-state index contributed by atoms with van der Waals surface area (Å²) in [6.07, 6.45) is 4.20. The summed E-state index contributed by atoms with van der Waals surface area (Å²) in [5, 5.41) is 0. The van der Waals surface area contributed by atoms with Crippen LogP contribution in [0.5, 0.6) is 0 Å². The zero-order valence-electron chi connectivity index (χ0n) is 13.8. The molecule has 0 aromatic heterocycles. The Bertz CT molecular complexity index is 577. The average molecular weight is 333 g/mol. The Morgan fingerprint density at radius 1 is 1.12 bits per heavy atom. The predicted octanol–water partition coefficient (Wildman–Crippen LogP) is 2.73. The van der Waals surface area contributed by atoms with Crippen molar-refractivity contribution in [3.63, 3.8) is 0 Å². The maximum atomic E-state index is 13.0. The van der Waals surface area contributed by atoms with Crippen LogP contribution in [0.3, 0.4) is 0 Å². The molecule has 24 heavy (non-hydrogen) atoms. The van der Waals surface area contributed by atoms with E-state index in [1.807, 2.05) is 4.90 Å². The number of hydrogen-bond acceptors (Lipinski definition) is 3. The third-order valence-corrected chi connectivity index (χ3v) is 5.43. The Hall–Kier alpha value is -1.46. The summed E-state index contributed by atoms with van der Waals surface area (Å²) in [5.41, 5.74) is 1.08. The van der Waals surface area contributed by atoms with Crippen molar-refractivity contribution in [3.05, 3.63) is 35.6 Å². The smallest absolute Gasteiger partial charge is 0.226 e. The van der Waals surface area contributed by atoms with Crippen molar-refractivity contribution in [2.75, 3.05) is 26.3 Å². The first kappa shape index (κ1) is 16.0. The summed E-state index contributed by atoms with van der Waals surface area (Å²) in [5.74, 6) is 0.378. The quantitative estimate of drug-likeness (QED) is 0.850. The molecular formula is C19H24FNO3. The predicted molar refractivity (Wildman–Crippen MR) is 87.2 cm³/mol. The van der Waals surface area contributed by atoms with Crippen molar-refractivity contribution >= 4 is 5.91 Å². The minimum Gasteiger partial charge on any atom is -0.379 e. The minimum atomic E-state index is -0.225. The summed E-state index contributed by atoms with van der Waals surface area (Å²) in [4.78, 5) is 14.6. The topological polar surface area (TPSA) is 38.8 Å². The third-order valence-electron chi connectivity index (χ3n) is 5.43. The molecule has 2 saturated heterocycles. The molecule has 1 saturated carbocycles. The molecule has 1 aromatic carbocycles. The van der Waals surface area contributed by atoms with Crippen molar-refractivity contribution in [3.8, 4) is 0 Å². The molecule has 3 aliphatic rings. The highest BCUT2D eigenvalue weighted by Gasteiger charge is 2.46. The van der Waals surface area contributed by atoms with Gasteiger partial charge < -0.3 is 14.4 Å². The van der Waals surface area contributed by atoms with Gasteiger partial charge in [-0.2, -0.15) is 0 Å². The minimum absolute atomic E-state index is 0.0798. The molecule has 1 aliphatic carbocycles. The van der Waals surface area contributed by atoms with Gasteiger partial charge in [0.25, 0.3) is 0 Å². The van der Waals surface area contributed by atoms with Crippen LogP contribution in [0.15, 0.2) is 24.3 Å². The molecule has 0 bridgehead atoms. The Labute approximate surface area is 141 Å². The second-order valence-corrected chi connectivity index (χ2v) is 7.15. The molecule has 0 radical (unpaired) electrons. The number of piperidine rings is 1. The number of carbonyl (C=O) groups excluding carboxylic acids is 1. The molecule has 0 unspecified atom stereocenters. The van der Waals surface area contributed by atoms with Gasteiger partial charge in [-0.15, -0.1) is 0 Å². The largest absolute Gasteiger partial charge is 0.379 e. The van der Waals surface area contributed by atoms with Gasteiger partial charge in [0, 0.05) is 25.6 Å². The Balaban J connectivity index is 1.25. The second-order valence-electron chi connectivity index (χ2n) is 7.15. The Morgan fingerprint density at radius 3 is 2.54 bits per heavy atom. The van der Waals surface area contributed by atoms with Crippen LogP contribution in [-0.4, -0.2) is 49.3 Å². The van der Waals surface area contributed by atoms with Crippen LogP contribution in [0.1, 0.15) is 37.2 Å². The van der Waals surface area contributed by atoms with Gasteiger partial charge in [-0.3, -0.25) is 4.79 Å². The molecule has 3 fully saturated rings. The lowest BCUT2D eigenvalue weighted by molar-refractivity contribution is -0.136.